The van der Waals surface area contributed by atoms with Crippen LogP contribution >= 0.6 is 11.6 Å². The summed E-state index contributed by atoms with van der Waals surface area (Å²) < 4.78 is 18.4. The van der Waals surface area contributed by atoms with E-state index in [1.165, 1.54) is 25.7 Å². The van der Waals surface area contributed by atoms with Crippen LogP contribution in [0.3, 0.4) is 0 Å². The summed E-state index contributed by atoms with van der Waals surface area (Å²) in [6.07, 6.45) is 11.3. The van der Waals surface area contributed by atoms with Gasteiger partial charge in [-0.1, -0.05) is 24.4 Å². The lowest BCUT2D eigenvalue weighted by molar-refractivity contribution is 0.176. The molecule has 1 saturated carbocycles. The van der Waals surface area contributed by atoms with Crippen molar-refractivity contribution in [1.82, 2.24) is 24.1 Å². The van der Waals surface area contributed by atoms with E-state index in [9.17, 15) is 4.21 Å². The van der Waals surface area contributed by atoms with Gasteiger partial charge in [0.1, 0.15) is 11.5 Å². The minimum absolute atomic E-state index is 0.133. The number of aryl methyl sites for hydroxylation is 1. The van der Waals surface area contributed by atoms with E-state index in [1.54, 1.807) is 12.4 Å². The average molecular weight is 516 g/mol. The molecule has 1 unspecified atom stereocenters. The summed E-state index contributed by atoms with van der Waals surface area (Å²) in [5, 5.41) is 0.408. The van der Waals surface area contributed by atoms with E-state index in [-0.39, 0.29) is 22.0 Å². The van der Waals surface area contributed by atoms with E-state index < -0.39 is 11.0 Å². The quantitative estimate of drug-likeness (QED) is 0.529. The van der Waals surface area contributed by atoms with Gasteiger partial charge in [0.25, 0.3) is 0 Å². The van der Waals surface area contributed by atoms with Crippen LogP contribution in [0, 0.1) is 12.3 Å². The lowest BCUT2D eigenvalue weighted by atomic mass is 9.73. The Kier molecular flexibility index (Phi) is 6.30. The molecule has 1 saturated heterocycles. The molecule has 3 aromatic rings. The smallest absolute Gasteiger partial charge is 0.211 e. The molecule has 1 aliphatic heterocycles. The number of hydrogen-bond donors (Lipinski definition) is 2. The Bertz CT molecular complexity index is 1280. The van der Waals surface area contributed by atoms with Crippen LogP contribution in [0.2, 0.25) is 5.02 Å². The summed E-state index contributed by atoms with van der Waals surface area (Å²) in [5.74, 6) is 1.13. The van der Waals surface area contributed by atoms with Crippen LogP contribution in [0.25, 0.3) is 16.8 Å². The summed E-state index contributed by atoms with van der Waals surface area (Å²) in [4.78, 5) is 16.1. The number of anilines is 2. The van der Waals surface area contributed by atoms with Gasteiger partial charge < -0.3 is 10.6 Å². The van der Waals surface area contributed by atoms with Gasteiger partial charge in [0.2, 0.25) is 5.95 Å². The number of aromatic nitrogens is 4. The van der Waals surface area contributed by atoms with E-state index >= 15 is 0 Å². The first kappa shape index (κ1) is 24.5. The highest BCUT2D eigenvalue weighted by atomic mass is 35.5. The SMILES string of the molecule is Cc1nc(N2CCC3(CCCC3)C(N[S@](=O)C(C)(C)C)C2)n2ccnc2c1-c1ccnc(N)c1Cl. The number of fused-ring (bicyclic) bond motifs is 1. The number of rotatable bonds is 4. The Hall–Kier alpha value is -2.23. The predicted molar refractivity (Wildman–Crippen MR) is 143 cm³/mol. The van der Waals surface area contributed by atoms with Crippen molar-refractivity contribution >= 4 is 40.0 Å². The van der Waals surface area contributed by atoms with Crippen LogP contribution in [0.4, 0.5) is 11.8 Å². The van der Waals surface area contributed by atoms with E-state index in [0.29, 0.717) is 5.02 Å². The molecule has 188 valence electrons. The summed E-state index contributed by atoms with van der Waals surface area (Å²) >= 11 is 6.53. The highest BCUT2D eigenvalue weighted by molar-refractivity contribution is 7.84. The van der Waals surface area contributed by atoms with Gasteiger partial charge in [0.05, 0.1) is 26.4 Å². The molecule has 1 spiro atoms. The standard InChI is InChI=1S/C25H34ClN7OS/c1-16-19(17-7-11-28-21(27)20(17)26)22-29-12-14-33(22)23(30-16)32-13-10-25(8-5-6-9-25)18(15-32)31-35(34)24(2,3)4/h7,11-12,14,18,31H,5-6,8-10,13,15H2,1-4H3,(H2,27,28)/t18?,35-/m1/s1. The molecule has 3 N–H and O–H groups in total. The van der Waals surface area contributed by atoms with Gasteiger partial charge in [-0.3, -0.25) is 4.40 Å². The Morgan fingerprint density at radius 2 is 1.94 bits per heavy atom. The molecule has 8 nitrogen and oxygen atoms in total. The zero-order valence-corrected chi connectivity index (χ0v) is 22.4. The second kappa shape index (κ2) is 9.01. The third-order valence-corrected chi connectivity index (χ3v) is 9.61. The second-order valence-electron chi connectivity index (χ2n) is 10.9. The minimum Gasteiger partial charge on any atom is -0.382 e. The van der Waals surface area contributed by atoms with Crippen LogP contribution in [0.1, 0.15) is 58.6 Å². The fourth-order valence-corrected chi connectivity index (χ4v) is 6.77. The number of nitrogens with zero attached hydrogens (tertiary/aromatic N) is 5. The monoisotopic (exact) mass is 515 g/mol. The number of hydrogen-bond acceptors (Lipinski definition) is 6. The Morgan fingerprint density at radius 3 is 2.66 bits per heavy atom. The summed E-state index contributed by atoms with van der Waals surface area (Å²) in [6, 6.07) is 1.98. The van der Waals surface area contributed by atoms with Crippen LogP contribution in [-0.2, 0) is 11.0 Å². The van der Waals surface area contributed by atoms with Crippen LogP contribution < -0.4 is 15.4 Å². The van der Waals surface area contributed by atoms with E-state index in [2.05, 4.69) is 19.6 Å². The molecule has 0 radical (unpaired) electrons. The predicted octanol–water partition coefficient (Wildman–Crippen LogP) is 4.53. The molecule has 2 atom stereocenters. The van der Waals surface area contributed by atoms with Gasteiger partial charge >= 0.3 is 0 Å². The fraction of sp³-hybridized carbons (Fsp3) is 0.560. The van der Waals surface area contributed by atoms with E-state index in [4.69, 9.17) is 22.3 Å². The van der Waals surface area contributed by atoms with Crippen molar-refractivity contribution in [1.29, 1.82) is 0 Å². The maximum atomic E-state index is 13.1. The lowest BCUT2D eigenvalue weighted by Crippen LogP contribution is -2.58. The van der Waals surface area contributed by atoms with Crippen molar-refractivity contribution < 1.29 is 4.21 Å². The van der Waals surface area contributed by atoms with E-state index in [1.807, 2.05) is 44.4 Å². The number of halogens is 1. The maximum Gasteiger partial charge on any atom is 0.211 e. The molecule has 3 aromatic heterocycles. The highest BCUT2D eigenvalue weighted by Gasteiger charge is 2.46. The van der Waals surface area contributed by atoms with Crippen molar-refractivity contribution in [2.75, 3.05) is 23.7 Å². The van der Waals surface area contributed by atoms with Gasteiger partial charge in [0, 0.05) is 48.8 Å². The summed E-state index contributed by atoms with van der Waals surface area (Å²) in [6.45, 7) is 9.70. The Labute approximate surface area is 214 Å². The van der Waals surface area contributed by atoms with Gasteiger partial charge in [-0.05, 0) is 58.4 Å². The average Bonchev–Trinajstić information content (AvgIpc) is 3.47. The van der Waals surface area contributed by atoms with E-state index in [0.717, 1.165) is 47.9 Å². The lowest BCUT2D eigenvalue weighted by Gasteiger charge is -2.47. The third kappa shape index (κ3) is 4.32. The maximum absolute atomic E-state index is 13.1. The third-order valence-electron chi connectivity index (χ3n) is 7.60. The number of pyridine rings is 1. The van der Waals surface area contributed by atoms with Crippen molar-refractivity contribution in [3.05, 3.63) is 35.4 Å². The number of imidazole rings is 1. The van der Waals surface area contributed by atoms with Crippen LogP contribution in [-0.4, -0.2) is 47.4 Å². The molecule has 0 bridgehead atoms. The first-order chi connectivity index (χ1) is 16.6. The zero-order chi connectivity index (χ0) is 25.0. The van der Waals surface area contributed by atoms with Crippen LogP contribution in [0.15, 0.2) is 24.7 Å². The van der Waals surface area contributed by atoms with Gasteiger partial charge in [-0.15, -0.1) is 0 Å². The number of piperidine rings is 1. The molecule has 1 aliphatic carbocycles. The molecule has 10 heteroatoms. The molecule has 0 amide bonds. The molecular weight excluding hydrogens is 482 g/mol. The van der Waals surface area contributed by atoms with Crippen LogP contribution in [0.5, 0.6) is 0 Å². The summed E-state index contributed by atoms with van der Waals surface area (Å²) in [5.41, 5.74) is 9.42. The molecule has 35 heavy (non-hydrogen) atoms. The number of nitrogen functional groups attached to an aromatic ring is 1. The summed E-state index contributed by atoms with van der Waals surface area (Å²) in [7, 11) is -1.13. The first-order valence-electron chi connectivity index (χ1n) is 12.3. The van der Waals surface area contributed by atoms with Gasteiger partial charge in [-0.2, -0.15) is 0 Å². The second-order valence-corrected chi connectivity index (χ2v) is 13.2. The number of nitrogens with two attached hydrogens (primary N) is 1. The number of nitrogens with one attached hydrogen (secondary N) is 1. The molecule has 2 aliphatic rings. The minimum atomic E-state index is -1.13. The van der Waals surface area contributed by atoms with Crippen molar-refractivity contribution in [2.24, 2.45) is 5.41 Å². The van der Waals surface area contributed by atoms with Crippen molar-refractivity contribution in [3.8, 4) is 11.1 Å². The Morgan fingerprint density at radius 1 is 1.20 bits per heavy atom. The zero-order valence-electron chi connectivity index (χ0n) is 20.8. The van der Waals surface area contributed by atoms with Gasteiger partial charge in [-0.25, -0.2) is 23.9 Å². The molecule has 2 fully saturated rings. The molecular formula is C25H34ClN7OS. The topological polar surface area (TPSA) is 101 Å². The Balaban J connectivity index is 1.54. The first-order valence-corrected chi connectivity index (χ1v) is 13.8. The molecule has 0 aromatic carbocycles. The molecule has 4 heterocycles. The highest BCUT2D eigenvalue weighted by Crippen LogP contribution is 2.47. The van der Waals surface area contributed by atoms with Crippen molar-refractivity contribution in [3.63, 3.8) is 0 Å². The fourth-order valence-electron chi connectivity index (χ4n) is 5.63. The molecule has 5 rings (SSSR count). The normalized spacial score (nSPS) is 21.2. The van der Waals surface area contributed by atoms with Crippen molar-refractivity contribution in [2.45, 2.75) is 70.6 Å². The largest absolute Gasteiger partial charge is 0.382 e. The van der Waals surface area contributed by atoms with Gasteiger partial charge in [0.15, 0.2) is 0 Å².